The first-order chi connectivity index (χ1) is 37.2. The molecule has 0 radical (unpaired) electrons. The number of rotatable bonds is 23. The minimum atomic E-state index is -0.626. The molecule has 1 aliphatic carbocycles. The van der Waals surface area contributed by atoms with Gasteiger partial charge in [-0.25, -0.2) is 0 Å². The Labute approximate surface area is 458 Å². The van der Waals surface area contributed by atoms with E-state index in [1.165, 1.54) is 4.88 Å². The minimum Gasteiger partial charge on any atom is -0.497 e. The average Bonchev–Trinajstić information content (AvgIpc) is 4.07. The lowest BCUT2D eigenvalue weighted by atomic mass is 9.83. The molecular weight excluding hydrogens is 1030 g/mol. The van der Waals surface area contributed by atoms with E-state index in [0.29, 0.717) is 67.0 Å². The van der Waals surface area contributed by atoms with Gasteiger partial charge in [0.1, 0.15) is 34.4 Å². The summed E-state index contributed by atoms with van der Waals surface area (Å²) < 4.78 is 26.4. The second kappa shape index (κ2) is 26.4. The molecule has 20 nitrogen and oxygen atoms in total. The molecule has 22 heteroatoms. The molecule has 1 saturated carbocycles. The third-order valence-electron chi connectivity index (χ3n) is 14.8. The van der Waals surface area contributed by atoms with Gasteiger partial charge in [-0.05, 0) is 83.3 Å². The van der Waals surface area contributed by atoms with Gasteiger partial charge < -0.3 is 54.6 Å². The number of aliphatic imine (C=N–C) groups is 1. The Bertz CT molecular complexity index is 2940. The van der Waals surface area contributed by atoms with Crippen LogP contribution in [0.15, 0.2) is 47.5 Å². The molecule has 2 fully saturated rings. The van der Waals surface area contributed by atoms with Gasteiger partial charge in [0, 0.05) is 78.8 Å². The molecule has 3 atom stereocenters. The lowest BCUT2D eigenvalue weighted by Gasteiger charge is -2.39. The Hall–Kier alpha value is -6.23. The summed E-state index contributed by atoms with van der Waals surface area (Å²) in [5.41, 5.74) is 4.94. The summed E-state index contributed by atoms with van der Waals surface area (Å²) in [5, 5.41) is 23.0. The molecule has 4 N–H and O–H groups in total. The van der Waals surface area contributed by atoms with Gasteiger partial charge in [0.2, 0.25) is 17.7 Å². The Morgan fingerprint density at radius 3 is 2.14 bits per heavy atom. The van der Waals surface area contributed by atoms with E-state index in [-0.39, 0.29) is 86.7 Å². The van der Waals surface area contributed by atoms with E-state index in [2.05, 4.69) is 45.3 Å². The van der Waals surface area contributed by atoms with Gasteiger partial charge in [0.15, 0.2) is 5.82 Å². The normalized spacial score (nSPS) is 16.5. The molecule has 3 aliphatic rings. The molecule has 414 valence electrons. The summed E-state index contributed by atoms with van der Waals surface area (Å²) in [6.45, 7) is 11.2. The van der Waals surface area contributed by atoms with Crippen LogP contribution in [-0.4, -0.2) is 170 Å². The van der Waals surface area contributed by atoms with Gasteiger partial charge in [0.25, 0.3) is 11.8 Å². The van der Waals surface area contributed by atoms with E-state index in [1.54, 1.807) is 72.0 Å². The zero-order valence-corrected chi connectivity index (χ0v) is 46.7. The third-order valence-corrected chi connectivity index (χ3v) is 16.3. The van der Waals surface area contributed by atoms with Crippen LogP contribution in [0.25, 0.3) is 15.9 Å². The fourth-order valence-corrected chi connectivity index (χ4v) is 11.6. The molecule has 5 aromatic rings. The number of thiophene rings is 1. The molecule has 0 bridgehead atoms. The van der Waals surface area contributed by atoms with Gasteiger partial charge in [-0.3, -0.25) is 33.5 Å². The second-order valence-electron chi connectivity index (χ2n) is 19.7. The van der Waals surface area contributed by atoms with Crippen molar-refractivity contribution in [3.63, 3.8) is 0 Å². The van der Waals surface area contributed by atoms with Gasteiger partial charge in [-0.1, -0.05) is 43.0 Å². The van der Waals surface area contributed by atoms with Crippen molar-refractivity contribution >= 4 is 69.1 Å². The maximum absolute atomic E-state index is 14.4. The molecule has 5 amide bonds. The highest BCUT2D eigenvalue weighted by molar-refractivity contribution is 7.15. The quantitative estimate of drug-likeness (QED) is 0.0617. The van der Waals surface area contributed by atoms with E-state index in [1.807, 2.05) is 35.8 Å². The second-order valence-corrected chi connectivity index (χ2v) is 21.4. The summed E-state index contributed by atoms with van der Waals surface area (Å²) in [5.74, 6) is 0.702. The smallest absolute Gasteiger partial charge is 0.271 e. The highest BCUT2D eigenvalue weighted by Gasteiger charge is 2.38. The molecule has 0 unspecified atom stereocenters. The zero-order chi connectivity index (χ0) is 54.8. The summed E-state index contributed by atoms with van der Waals surface area (Å²) in [6, 6.07) is 11.3. The molecule has 3 aromatic heterocycles. The zero-order valence-electron chi connectivity index (χ0n) is 45.2. The van der Waals surface area contributed by atoms with Crippen molar-refractivity contribution in [1.82, 2.24) is 50.4 Å². The van der Waals surface area contributed by atoms with Gasteiger partial charge in [-0.2, -0.15) is 0 Å². The van der Waals surface area contributed by atoms with Gasteiger partial charge in [0.05, 0.1) is 76.0 Å². The van der Waals surface area contributed by atoms with Crippen LogP contribution in [0.1, 0.15) is 106 Å². The first-order valence-corrected chi connectivity index (χ1v) is 27.8. The number of likely N-dealkylation sites (N-methyl/N-ethyl adjacent to an activating group) is 1. The van der Waals surface area contributed by atoms with Crippen molar-refractivity contribution in [2.45, 2.75) is 84.3 Å². The van der Waals surface area contributed by atoms with Crippen LogP contribution < -0.4 is 26.0 Å². The molecule has 2 aliphatic heterocycles. The number of methoxy groups -OCH3 is 1. The Kier molecular flexibility index (Phi) is 19.5. The van der Waals surface area contributed by atoms with E-state index >= 15 is 0 Å². The van der Waals surface area contributed by atoms with Crippen molar-refractivity contribution in [1.29, 1.82) is 0 Å². The van der Waals surface area contributed by atoms with E-state index in [9.17, 15) is 24.0 Å². The lowest BCUT2D eigenvalue weighted by Crippen LogP contribution is -2.59. The van der Waals surface area contributed by atoms with Crippen LogP contribution in [0, 0.1) is 26.7 Å². The van der Waals surface area contributed by atoms with Crippen LogP contribution >= 0.6 is 22.9 Å². The van der Waals surface area contributed by atoms with Crippen molar-refractivity contribution in [2.75, 3.05) is 93.1 Å². The van der Waals surface area contributed by atoms with Gasteiger partial charge >= 0.3 is 0 Å². The van der Waals surface area contributed by atoms with Crippen LogP contribution in [-0.2, 0) is 35.6 Å². The fraction of sp³-hybridized carbons (Fsp3) is 0.527. The summed E-state index contributed by atoms with van der Waals surface area (Å²) >= 11 is 7.90. The van der Waals surface area contributed by atoms with Crippen molar-refractivity contribution in [3.05, 3.63) is 92.0 Å². The highest BCUT2D eigenvalue weighted by atomic mass is 35.5. The monoisotopic (exact) mass is 1100 g/mol. The van der Waals surface area contributed by atoms with Crippen LogP contribution in [0.2, 0.25) is 5.02 Å². The number of piperazine rings is 1. The number of aromatic nitrogens is 4. The van der Waals surface area contributed by atoms with Crippen LogP contribution in [0.4, 0.5) is 0 Å². The SMILES string of the molecule is CN[C@@H](C)C(=O)N[C@H](C(=O)N1CCN(C(=O)c2c(C(=O)NCCOCCOCCOCCNC(=O)C[C@@H]3N=C(c4ccc(Cl)cc4)c4c(sc(C)c4C)-n4c(C)nnc43)c3ccc(OC)cc3n2C)CC1)C1CCCCC1. The minimum absolute atomic E-state index is 0.0575. The van der Waals surface area contributed by atoms with E-state index < -0.39 is 24.0 Å². The van der Waals surface area contributed by atoms with Crippen LogP contribution in [0.3, 0.4) is 0 Å². The molecular formula is C55H72ClN11O9S. The number of hydrogen-bond donors (Lipinski definition) is 4. The van der Waals surface area contributed by atoms with E-state index in [4.69, 9.17) is 35.5 Å². The summed E-state index contributed by atoms with van der Waals surface area (Å²) in [6.07, 6.45) is 4.98. The fourth-order valence-electron chi connectivity index (χ4n) is 10.3. The Balaban J connectivity index is 0.761. The Morgan fingerprint density at radius 1 is 0.831 bits per heavy atom. The van der Waals surface area contributed by atoms with Gasteiger partial charge in [-0.15, -0.1) is 21.5 Å². The predicted molar refractivity (Wildman–Crippen MR) is 295 cm³/mol. The number of carbonyl (C=O) groups excluding carboxylic acids is 5. The molecule has 5 heterocycles. The number of hydrogen-bond acceptors (Lipinski definition) is 14. The third kappa shape index (κ3) is 13.2. The van der Waals surface area contributed by atoms with Crippen LogP contribution in [0.5, 0.6) is 5.75 Å². The highest BCUT2D eigenvalue weighted by Crippen LogP contribution is 2.40. The molecule has 2 aromatic carbocycles. The largest absolute Gasteiger partial charge is 0.497 e. The molecule has 1 saturated heterocycles. The van der Waals surface area contributed by atoms with Crippen molar-refractivity contribution < 1.29 is 42.9 Å². The molecule has 77 heavy (non-hydrogen) atoms. The van der Waals surface area contributed by atoms with E-state index in [0.717, 1.165) is 65.3 Å². The van der Waals surface area contributed by atoms with Crippen molar-refractivity contribution in [3.8, 4) is 10.8 Å². The standard InChI is InChI=1S/C55H72ClN11O9S/c1-33-35(3)77-55-45(33)47(38-13-15-39(56)16-14-38)60-42(50-63-62-36(4)67(50)55)32-44(68)58-19-25-74-27-29-76-30-28-75-26-20-59-52(70)46-41-18-17-40(73-7)31-43(41)64(6)49(46)54(72)66-23-21-65(22-24-66)53(71)48(37-11-9-8-10-12-37)61-51(69)34(2)57-5/h13-18,31,34,37,42,48,57H,8-12,19-30,32H2,1-7H3,(H,58,68)(H,59,70)(H,61,69)/t34-,42-,48-/m0/s1. The lowest BCUT2D eigenvalue weighted by molar-refractivity contribution is -0.140. The van der Waals surface area contributed by atoms with Crippen molar-refractivity contribution in [2.24, 2.45) is 18.0 Å². The number of halogens is 1. The number of carbonyl (C=O) groups is 5. The predicted octanol–water partition coefficient (Wildman–Crippen LogP) is 5.24. The number of fused-ring (bicyclic) bond motifs is 4. The first kappa shape index (κ1) is 57.0. The molecule has 0 spiro atoms. The maximum atomic E-state index is 14.4. The topological polar surface area (TPSA) is 225 Å². The number of aryl methyl sites for hydroxylation is 3. The Morgan fingerprint density at radius 2 is 1.48 bits per heavy atom. The summed E-state index contributed by atoms with van der Waals surface area (Å²) in [4.78, 5) is 78.6. The number of ether oxygens (including phenoxy) is 4. The first-order valence-electron chi connectivity index (χ1n) is 26.6. The number of benzene rings is 2. The number of nitrogens with one attached hydrogen (secondary N) is 4. The molecule has 8 rings (SSSR count). The number of amides is 5. The average molecular weight is 1100 g/mol. The summed E-state index contributed by atoms with van der Waals surface area (Å²) in [7, 11) is 5.03. The maximum Gasteiger partial charge on any atom is 0.271 e. The number of nitrogens with zero attached hydrogens (tertiary/aromatic N) is 7.